The van der Waals surface area contributed by atoms with Gasteiger partial charge >= 0.3 is 0 Å². The van der Waals surface area contributed by atoms with Crippen molar-refractivity contribution in [2.24, 2.45) is 0 Å². The Labute approximate surface area is 136 Å². The normalized spacial score (nSPS) is 12.0. The van der Waals surface area contributed by atoms with Crippen molar-refractivity contribution in [1.29, 1.82) is 0 Å². The van der Waals surface area contributed by atoms with Gasteiger partial charge in [0.25, 0.3) is 5.91 Å². The van der Waals surface area contributed by atoms with Gasteiger partial charge in [0, 0.05) is 22.0 Å². The molecular formula is C16H14BrClFNO. The van der Waals surface area contributed by atoms with E-state index in [0.717, 1.165) is 5.56 Å². The van der Waals surface area contributed by atoms with Crippen LogP contribution in [0.1, 0.15) is 15.9 Å². The van der Waals surface area contributed by atoms with E-state index in [2.05, 4.69) is 21.2 Å². The van der Waals surface area contributed by atoms with Crippen molar-refractivity contribution in [3.8, 4) is 0 Å². The fraction of sp³-hybridized carbons (Fsp3) is 0.188. The second-order valence-electron chi connectivity index (χ2n) is 4.67. The van der Waals surface area contributed by atoms with Gasteiger partial charge in [-0.05, 0) is 30.2 Å². The molecule has 0 aliphatic heterocycles. The van der Waals surface area contributed by atoms with Gasteiger partial charge in [-0.15, -0.1) is 11.6 Å². The van der Waals surface area contributed by atoms with Gasteiger partial charge in [0.1, 0.15) is 5.82 Å². The van der Waals surface area contributed by atoms with Crippen LogP contribution >= 0.6 is 27.5 Å². The number of rotatable bonds is 5. The van der Waals surface area contributed by atoms with Gasteiger partial charge in [-0.1, -0.05) is 46.3 Å². The third-order valence-electron chi connectivity index (χ3n) is 2.97. The maximum atomic E-state index is 13.3. The molecule has 2 nitrogen and oxygen atoms in total. The average molecular weight is 371 g/mol. The summed E-state index contributed by atoms with van der Waals surface area (Å²) in [4.78, 5) is 12.2. The van der Waals surface area contributed by atoms with Crippen LogP contribution in [-0.2, 0) is 6.42 Å². The topological polar surface area (TPSA) is 29.1 Å². The predicted octanol–water partition coefficient (Wildman–Crippen LogP) is 4.17. The lowest BCUT2D eigenvalue weighted by Gasteiger charge is -2.16. The zero-order valence-corrected chi connectivity index (χ0v) is 13.5. The quantitative estimate of drug-likeness (QED) is 0.787. The number of benzene rings is 2. The Bertz CT molecular complexity index is 601. The van der Waals surface area contributed by atoms with E-state index in [0.29, 0.717) is 10.9 Å². The van der Waals surface area contributed by atoms with E-state index in [4.69, 9.17) is 11.6 Å². The molecule has 5 heteroatoms. The SMILES string of the molecule is O=C(NC(CCl)Cc1ccccc1)c1cc(F)cc(Br)c1. The number of carbonyl (C=O) groups is 1. The van der Waals surface area contributed by atoms with E-state index in [1.165, 1.54) is 12.1 Å². The molecule has 0 fully saturated rings. The van der Waals surface area contributed by atoms with Crippen LogP contribution in [0.2, 0.25) is 0 Å². The third-order valence-corrected chi connectivity index (χ3v) is 3.80. The lowest BCUT2D eigenvalue weighted by molar-refractivity contribution is 0.0940. The molecule has 1 N–H and O–H groups in total. The fourth-order valence-corrected chi connectivity index (χ4v) is 2.65. The minimum atomic E-state index is -0.458. The number of alkyl halides is 1. The van der Waals surface area contributed by atoms with Crippen molar-refractivity contribution in [3.63, 3.8) is 0 Å². The Hall–Kier alpha value is -1.39. The van der Waals surface area contributed by atoms with Crippen LogP contribution in [-0.4, -0.2) is 17.8 Å². The summed E-state index contributed by atoms with van der Waals surface area (Å²) >= 11 is 9.09. The van der Waals surface area contributed by atoms with E-state index in [-0.39, 0.29) is 23.4 Å². The van der Waals surface area contributed by atoms with Gasteiger partial charge in [-0.25, -0.2) is 4.39 Å². The highest BCUT2D eigenvalue weighted by molar-refractivity contribution is 9.10. The molecule has 1 amide bonds. The minimum absolute atomic E-state index is 0.205. The molecule has 0 heterocycles. The van der Waals surface area contributed by atoms with Crippen LogP contribution in [0.3, 0.4) is 0 Å². The van der Waals surface area contributed by atoms with Crippen LogP contribution in [0.25, 0.3) is 0 Å². The second-order valence-corrected chi connectivity index (χ2v) is 5.90. The molecule has 2 rings (SSSR count). The molecule has 0 saturated heterocycles. The summed E-state index contributed by atoms with van der Waals surface area (Å²) in [6.45, 7) is 0. The Morgan fingerprint density at radius 2 is 1.95 bits per heavy atom. The number of hydrogen-bond donors (Lipinski definition) is 1. The summed E-state index contributed by atoms with van der Waals surface area (Å²) in [6.07, 6.45) is 0.632. The Balaban J connectivity index is 2.05. The largest absolute Gasteiger partial charge is 0.348 e. The Morgan fingerprint density at radius 1 is 1.24 bits per heavy atom. The third kappa shape index (κ3) is 4.83. The molecule has 21 heavy (non-hydrogen) atoms. The summed E-state index contributed by atoms with van der Waals surface area (Å²) in [7, 11) is 0. The fourth-order valence-electron chi connectivity index (χ4n) is 2.00. The maximum Gasteiger partial charge on any atom is 0.251 e. The Kier molecular flexibility index (Phi) is 5.76. The zero-order valence-electron chi connectivity index (χ0n) is 11.2. The van der Waals surface area contributed by atoms with Crippen LogP contribution in [0.15, 0.2) is 53.0 Å². The highest BCUT2D eigenvalue weighted by atomic mass is 79.9. The van der Waals surface area contributed by atoms with Crippen molar-refractivity contribution in [1.82, 2.24) is 5.32 Å². The van der Waals surface area contributed by atoms with Crippen LogP contribution in [0, 0.1) is 5.82 Å². The molecule has 1 atom stereocenters. The van der Waals surface area contributed by atoms with E-state index < -0.39 is 5.82 Å². The van der Waals surface area contributed by atoms with Crippen molar-refractivity contribution in [3.05, 3.63) is 69.9 Å². The predicted molar refractivity (Wildman–Crippen MR) is 86.2 cm³/mol. The summed E-state index contributed by atoms with van der Waals surface area (Å²) in [5, 5.41) is 2.83. The molecule has 0 aliphatic carbocycles. The molecule has 0 aromatic heterocycles. The number of hydrogen-bond acceptors (Lipinski definition) is 1. The smallest absolute Gasteiger partial charge is 0.251 e. The van der Waals surface area contributed by atoms with Gasteiger partial charge in [-0.2, -0.15) is 0 Å². The molecular weight excluding hydrogens is 357 g/mol. The lowest BCUT2D eigenvalue weighted by Crippen LogP contribution is -2.37. The molecule has 0 saturated carbocycles. The first kappa shape index (κ1) is 16.0. The minimum Gasteiger partial charge on any atom is -0.348 e. The molecule has 110 valence electrons. The van der Waals surface area contributed by atoms with Crippen molar-refractivity contribution in [2.75, 3.05) is 5.88 Å². The summed E-state index contributed by atoms with van der Waals surface area (Å²) in [5.41, 5.74) is 1.36. The summed E-state index contributed by atoms with van der Waals surface area (Å²) < 4.78 is 13.8. The van der Waals surface area contributed by atoms with Crippen LogP contribution in [0.4, 0.5) is 4.39 Å². The van der Waals surface area contributed by atoms with Crippen LogP contribution < -0.4 is 5.32 Å². The van der Waals surface area contributed by atoms with E-state index in [1.54, 1.807) is 6.07 Å². The van der Waals surface area contributed by atoms with E-state index in [9.17, 15) is 9.18 Å². The number of halogens is 3. The molecule has 0 spiro atoms. The summed E-state index contributed by atoms with van der Waals surface area (Å²) in [5.74, 6) is -0.506. The first-order valence-corrected chi connectivity index (χ1v) is 7.78. The van der Waals surface area contributed by atoms with E-state index in [1.807, 2.05) is 30.3 Å². The molecule has 2 aromatic carbocycles. The molecule has 0 bridgehead atoms. The average Bonchev–Trinajstić information content (AvgIpc) is 2.46. The van der Waals surface area contributed by atoms with Gasteiger partial charge in [0.05, 0.1) is 0 Å². The molecule has 0 radical (unpaired) electrons. The second kappa shape index (κ2) is 7.57. The molecule has 0 aliphatic rings. The van der Waals surface area contributed by atoms with Gasteiger partial charge < -0.3 is 5.32 Å². The Morgan fingerprint density at radius 3 is 2.57 bits per heavy atom. The first-order valence-electron chi connectivity index (χ1n) is 6.45. The van der Waals surface area contributed by atoms with Gasteiger partial charge in [0.2, 0.25) is 0 Å². The maximum absolute atomic E-state index is 13.3. The number of amides is 1. The van der Waals surface area contributed by atoms with Gasteiger partial charge in [-0.3, -0.25) is 4.79 Å². The van der Waals surface area contributed by atoms with E-state index >= 15 is 0 Å². The molecule has 1 unspecified atom stereocenters. The first-order chi connectivity index (χ1) is 10.1. The highest BCUT2D eigenvalue weighted by Crippen LogP contribution is 2.15. The lowest BCUT2D eigenvalue weighted by atomic mass is 10.1. The highest BCUT2D eigenvalue weighted by Gasteiger charge is 2.14. The molecule has 2 aromatic rings. The van der Waals surface area contributed by atoms with Gasteiger partial charge in [0.15, 0.2) is 0 Å². The monoisotopic (exact) mass is 369 g/mol. The standard InChI is InChI=1S/C16H14BrClFNO/c17-13-7-12(8-14(19)9-13)16(21)20-15(10-18)6-11-4-2-1-3-5-11/h1-5,7-9,15H,6,10H2,(H,20,21). The van der Waals surface area contributed by atoms with Crippen molar-refractivity contribution < 1.29 is 9.18 Å². The van der Waals surface area contributed by atoms with Crippen molar-refractivity contribution >= 4 is 33.4 Å². The van der Waals surface area contributed by atoms with Crippen LogP contribution in [0.5, 0.6) is 0 Å². The summed E-state index contributed by atoms with van der Waals surface area (Å²) in [6, 6.07) is 13.6. The number of nitrogens with one attached hydrogen (secondary N) is 1. The zero-order chi connectivity index (χ0) is 15.2. The van der Waals surface area contributed by atoms with Crippen molar-refractivity contribution in [2.45, 2.75) is 12.5 Å². The number of carbonyl (C=O) groups excluding carboxylic acids is 1.